The topological polar surface area (TPSA) is 84.5 Å². The van der Waals surface area contributed by atoms with E-state index in [2.05, 4.69) is 17.6 Å². The highest BCUT2D eigenvalue weighted by Gasteiger charge is 2.23. The quantitative estimate of drug-likeness (QED) is 0.640. The minimum absolute atomic E-state index is 0.0150. The van der Waals surface area contributed by atoms with Crippen LogP contribution in [-0.2, 0) is 19.1 Å². The molecule has 2 N–H and O–H groups in total. The molecule has 0 aliphatic heterocycles. The van der Waals surface area contributed by atoms with Crippen LogP contribution in [-0.4, -0.2) is 41.9 Å². The summed E-state index contributed by atoms with van der Waals surface area (Å²) in [5.41, 5.74) is 0.640. The van der Waals surface area contributed by atoms with Crippen LogP contribution in [0.15, 0.2) is 24.3 Å². The van der Waals surface area contributed by atoms with E-state index in [4.69, 9.17) is 16.3 Å². The summed E-state index contributed by atoms with van der Waals surface area (Å²) in [6, 6.07) is 6.92. The Morgan fingerprint density at radius 2 is 1.81 bits per heavy atom. The summed E-state index contributed by atoms with van der Waals surface area (Å²) in [4.78, 5) is 35.4. The smallest absolute Gasteiger partial charge is 0.316 e. The first-order chi connectivity index (χ1) is 12.9. The lowest BCUT2D eigenvalue weighted by atomic mass is 9.86. The van der Waals surface area contributed by atoms with Crippen LogP contribution in [0, 0.1) is 5.92 Å². The van der Waals surface area contributed by atoms with Crippen molar-refractivity contribution in [2.75, 3.05) is 23.4 Å². The van der Waals surface area contributed by atoms with Gasteiger partial charge in [0.25, 0.3) is 5.91 Å². The average Bonchev–Trinajstić information content (AvgIpc) is 2.64. The Kier molecular flexibility index (Phi) is 8.94. The van der Waals surface area contributed by atoms with Crippen LogP contribution in [0.4, 0.5) is 5.69 Å². The van der Waals surface area contributed by atoms with Gasteiger partial charge in [0, 0.05) is 16.8 Å². The summed E-state index contributed by atoms with van der Waals surface area (Å²) in [5, 5.41) is 6.23. The lowest BCUT2D eigenvalue weighted by Crippen LogP contribution is -2.43. The van der Waals surface area contributed by atoms with E-state index in [0.29, 0.717) is 16.6 Å². The summed E-state index contributed by atoms with van der Waals surface area (Å²) in [5.74, 6) is -0.420. The van der Waals surface area contributed by atoms with E-state index in [9.17, 15) is 14.4 Å². The predicted molar refractivity (Wildman–Crippen MR) is 108 cm³/mol. The van der Waals surface area contributed by atoms with Crippen LogP contribution in [0.2, 0.25) is 5.02 Å². The molecule has 148 valence electrons. The molecule has 2 rings (SSSR count). The van der Waals surface area contributed by atoms with Crippen molar-refractivity contribution in [3.63, 3.8) is 0 Å². The second-order valence-corrected chi connectivity index (χ2v) is 8.07. The van der Waals surface area contributed by atoms with Crippen molar-refractivity contribution in [1.29, 1.82) is 0 Å². The number of hydrogen-bond acceptors (Lipinski definition) is 5. The van der Waals surface area contributed by atoms with Crippen molar-refractivity contribution >= 4 is 46.8 Å². The number of esters is 1. The van der Waals surface area contributed by atoms with Crippen LogP contribution in [0.5, 0.6) is 0 Å². The van der Waals surface area contributed by atoms with Crippen molar-refractivity contribution in [1.82, 2.24) is 5.32 Å². The van der Waals surface area contributed by atoms with E-state index >= 15 is 0 Å². The second-order valence-electron chi connectivity index (χ2n) is 6.64. The normalized spacial score (nSPS) is 19.2. The molecule has 0 saturated heterocycles. The van der Waals surface area contributed by atoms with Gasteiger partial charge in [-0.2, -0.15) is 0 Å². The van der Waals surface area contributed by atoms with Crippen LogP contribution in [0.25, 0.3) is 0 Å². The van der Waals surface area contributed by atoms with Crippen molar-refractivity contribution in [3.05, 3.63) is 29.3 Å². The number of rotatable bonds is 8. The third kappa shape index (κ3) is 8.22. The van der Waals surface area contributed by atoms with Crippen molar-refractivity contribution in [2.45, 2.75) is 38.6 Å². The molecule has 1 aliphatic carbocycles. The van der Waals surface area contributed by atoms with Crippen molar-refractivity contribution in [2.24, 2.45) is 5.92 Å². The number of halogens is 1. The fourth-order valence-electron chi connectivity index (χ4n) is 2.92. The van der Waals surface area contributed by atoms with E-state index in [0.717, 1.165) is 31.0 Å². The number of hydrogen-bond donors (Lipinski definition) is 2. The molecule has 1 saturated carbocycles. The Morgan fingerprint density at radius 3 is 2.52 bits per heavy atom. The molecule has 0 bridgehead atoms. The molecule has 6 nitrogen and oxygen atoms in total. The third-order valence-corrected chi connectivity index (χ3v) is 5.56. The monoisotopic (exact) mass is 412 g/mol. The van der Waals surface area contributed by atoms with E-state index in [1.54, 1.807) is 24.3 Å². The Hall–Kier alpha value is -1.73. The van der Waals surface area contributed by atoms with Crippen LogP contribution >= 0.6 is 23.4 Å². The Balaban J connectivity index is 1.58. The molecule has 1 aromatic rings. The first-order valence-corrected chi connectivity index (χ1v) is 10.6. The molecule has 0 heterocycles. The molecule has 0 radical (unpaired) electrons. The largest absolute Gasteiger partial charge is 0.455 e. The van der Waals surface area contributed by atoms with E-state index in [-0.39, 0.29) is 36.0 Å². The summed E-state index contributed by atoms with van der Waals surface area (Å²) in [6.07, 6.45) is 4.40. The van der Waals surface area contributed by atoms with Gasteiger partial charge in [0.15, 0.2) is 6.61 Å². The zero-order valence-corrected chi connectivity index (χ0v) is 16.9. The van der Waals surface area contributed by atoms with E-state index in [1.807, 2.05) is 0 Å². The molecule has 1 aliphatic rings. The van der Waals surface area contributed by atoms with Crippen LogP contribution < -0.4 is 10.6 Å². The molecule has 1 aromatic carbocycles. The Morgan fingerprint density at radius 1 is 1.11 bits per heavy atom. The molecule has 1 fully saturated rings. The number of anilines is 1. The van der Waals surface area contributed by atoms with Gasteiger partial charge in [-0.25, -0.2) is 0 Å². The fourth-order valence-corrected chi connectivity index (χ4v) is 3.66. The van der Waals surface area contributed by atoms with Gasteiger partial charge in [0.2, 0.25) is 5.91 Å². The molecular formula is C19H25ClN2O4S. The number of benzene rings is 1. The van der Waals surface area contributed by atoms with Gasteiger partial charge in [-0.15, -0.1) is 11.8 Å². The van der Waals surface area contributed by atoms with Gasteiger partial charge < -0.3 is 15.4 Å². The van der Waals surface area contributed by atoms with Gasteiger partial charge in [-0.05, 0) is 43.0 Å². The number of thioether (sulfide) groups is 1. The van der Waals surface area contributed by atoms with Gasteiger partial charge in [-0.1, -0.05) is 31.4 Å². The maximum absolute atomic E-state index is 11.9. The molecular weight excluding hydrogens is 388 g/mol. The summed E-state index contributed by atoms with van der Waals surface area (Å²) >= 11 is 6.92. The number of carbonyl (C=O) groups is 3. The molecule has 0 aromatic heterocycles. The summed E-state index contributed by atoms with van der Waals surface area (Å²) in [7, 11) is 0. The maximum Gasteiger partial charge on any atom is 0.316 e. The average molecular weight is 413 g/mol. The van der Waals surface area contributed by atoms with Gasteiger partial charge in [0.05, 0.1) is 11.5 Å². The highest BCUT2D eigenvalue weighted by Crippen LogP contribution is 2.23. The number of amides is 2. The molecule has 27 heavy (non-hydrogen) atoms. The number of nitrogens with one attached hydrogen (secondary N) is 2. The molecule has 0 spiro atoms. The first-order valence-electron chi connectivity index (χ1n) is 9.02. The maximum atomic E-state index is 11.9. The SMILES string of the molecule is C[C@H]1CCCC[C@H]1NC(=O)COC(=O)CSCC(=O)Nc1ccc(Cl)cc1. The van der Waals surface area contributed by atoms with Crippen LogP contribution in [0.1, 0.15) is 32.6 Å². The minimum Gasteiger partial charge on any atom is -0.455 e. The molecule has 2 atom stereocenters. The molecule has 8 heteroatoms. The van der Waals surface area contributed by atoms with Crippen molar-refractivity contribution in [3.8, 4) is 0 Å². The van der Waals surface area contributed by atoms with Crippen LogP contribution in [0.3, 0.4) is 0 Å². The second kappa shape index (κ2) is 11.2. The Bertz CT molecular complexity index is 654. The predicted octanol–water partition coefficient (Wildman–Crippen LogP) is 3.25. The lowest BCUT2D eigenvalue weighted by Gasteiger charge is -2.29. The lowest BCUT2D eigenvalue weighted by molar-refractivity contribution is -0.146. The molecule has 2 amide bonds. The first kappa shape index (κ1) is 21.6. The summed E-state index contributed by atoms with van der Waals surface area (Å²) < 4.78 is 4.98. The zero-order valence-electron chi connectivity index (χ0n) is 15.3. The van der Waals surface area contributed by atoms with E-state index < -0.39 is 5.97 Å². The van der Waals surface area contributed by atoms with Crippen molar-refractivity contribution < 1.29 is 19.1 Å². The Labute approximate surface area is 168 Å². The molecule has 0 unspecified atom stereocenters. The fraction of sp³-hybridized carbons (Fsp3) is 0.526. The summed E-state index contributed by atoms with van der Waals surface area (Å²) in [6.45, 7) is 1.85. The highest BCUT2D eigenvalue weighted by molar-refractivity contribution is 8.00. The van der Waals surface area contributed by atoms with Gasteiger partial charge in [-0.3, -0.25) is 14.4 Å². The zero-order chi connectivity index (χ0) is 19.6. The standard InChI is InChI=1S/C19H25ClN2O4S/c1-13-4-2-3-5-16(13)22-17(23)10-26-19(25)12-27-11-18(24)21-15-8-6-14(20)7-9-15/h6-9,13,16H,2-5,10-12H2,1H3,(H,21,24)(H,22,23)/t13-,16+/m0/s1. The third-order valence-electron chi connectivity index (χ3n) is 4.40. The van der Waals surface area contributed by atoms with Gasteiger partial charge >= 0.3 is 5.97 Å². The minimum atomic E-state index is -0.508. The number of ether oxygens (including phenoxy) is 1. The number of carbonyl (C=O) groups excluding carboxylic acids is 3. The van der Waals surface area contributed by atoms with Gasteiger partial charge in [0.1, 0.15) is 0 Å². The highest BCUT2D eigenvalue weighted by atomic mass is 35.5. The van der Waals surface area contributed by atoms with E-state index in [1.165, 1.54) is 6.42 Å².